The summed E-state index contributed by atoms with van der Waals surface area (Å²) in [7, 11) is 0. The molecule has 1 atom stereocenters. The summed E-state index contributed by atoms with van der Waals surface area (Å²) in [5, 5.41) is 6.16. The minimum absolute atomic E-state index is 0.426. The Morgan fingerprint density at radius 3 is 1.89 bits per heavy atom. The molecule has 210 valence electrons. The summed E-state index contributed by atoms with van der Waals surface area (Å²) in [4.78, 5) is 10.2. The van der Waals surface area contributed by atoms with Gasteiger partial charge in [-0.25, -0.2) is 9.98 Å². The number of halogens is 1. The Labute approximate surface area is 260 Å². The van der Waals surface area contributed by atoms with Gasteiger partial charge < -0.3 is 9.73 Å². The zero-order valence-electron chi connectivity index (χ0n) is 23.6. The second-order valence-corrected chi connectivity index (χ2v) is 11.2. The number of para-hydroxylation sites is 1. The summed E-state index contributed by atoms with van der Waals surface area (Å²) in [6.07, 6.45) is -0.426. The number of aliphatic imine (C=N–C) groups is 2. The van der Waals surface area contributed by atoms with E-state index in [1.54, 1.807) is 0 Å². The molecule has 1 aliphatic rings. The van der Waals surface area contributed by atoms with Crippen LogP contribution in [0.15, 0.2) is 160 Å². The highest BCUT2D eigenvalue weighted by molar-refractivity contribution is 6.36. The number of nitrogens with one attached hydrogen (secondary N) is 1. The van der Waals surface area contributed by atoms with E-state index in [1.165, 1.54) is 5.56 Å². The minimum atomic E-state index is -0.426. The van der Waals surface area contributed by atoms with E-state index in [9.17, 15) is 0 Å². The van der Waals surface area contributed by atoms with Crippen molar-refractivity contribution in [1.29, 1.82) is 0 Å². The predicted octanol–water partition coefficient (Wildman–Crippen LogP) is 10.1. The van der Waals surface area contributed by atoms with E-state index >= 15 is 0 Å². The number of rotatable bonds is 5. The number of benzene rings is 6. The van der Waals surface area contributed by atoms with E-state index in [4.69, 9.17) is 26.0 Å². The summed E-state index contributed by atoms with van der Waals surface area (Å²) >= 11 is 6.49. The van der Waals surface area contributed by atoms with Crippen molar-refractivity contribution in [2.45, 2.75) is 6.17 Å². The Hall–Kier alpha value is -5.45. The SMILES string of the molecule is Clc1cccc2c1oc1cccc(-c3cccc(C4N=C(c5ccccc5)NC(c5ccc(-c6ccccc6)cc5)=N4)c3)c12. The number of amidine groups is 2. The van der Waals surface area contributed by atoms with Crippen LogP contribution >= 0.6 is 11.6 Å². The fourth-order valence-electron chi connectivity index (χ4n) is 5.86. The van der Waals surface area contributed by atoms with Gasteiger partial charge >= 0.3 is 0 Å². The maximum absolute atomic E-state index is 6.49. The topological polar surface area (TPSA) is 49.9 Å². The number of hydrogen-bond donors (Lipinski definition) is 1. The Balaban J connectivity index is 1.22. The van der Waals surface area contributed by atoms with Crippen molar-refractivity contribution in [3.63, 3.8) is 0 Å². The van der Waals surface area contributed by atoms with Gasteiger partial charge in [-0.05, 0) is 46.0 Å². The van der Waals surface area contributed by atoms with Crippen LogP contribution in [0.4, 0.5) is 0 Å². The van der Waals surface area contributed by atoms with E-state index in [-0.39, 0.29) is 0 Å². The largest absolute Gasteiger partial charge is 0.454 e. The predicted molar refractivity (Wildman–Crippen MR) is 181 cm³/mol. The Bertz CT molecular complexity index is 2200. The first kappa shape index (κ1) is 26.2. The van der Waals surface area contributed by atoms with Gasteiger partial charge in [0.15, 0.2) is 11.7 Å². The molecule has 0 aliphatic carbocycles. The normalized spacial score (nSPS) is 14.7. The van der Waals surface area contributed by atoms with Gasteiger partial charge in [0.2, 0.25) is 0 Å². The van der Waals surface area contributed by atoms with Crippen LogP contribution in [0.1, 0.15) is 22.9 Å². The van der Waals surface area contributed by atoms with Gasteiger partial charge in [0.05, 0.1) is 5.02 Å². The molecule has 7 aromatic rings. The van der Waals surface area contributed by atoms with Crippen molar-refractivity contribution >= 4 is 45.2 Å². The smallest absolute Gasteiger partial charge is 0.169 e. The van der Waals surface area contributed by atoms with Gasteiger partial charge in [-0.1, -0.05) is 139 Å². The van der Waals surface area contributed by atoms with Crippen molar-refractivity contribution in [1.82, 2.24) is 5.32 Å². The van der Waals surface area contributed by atoms with Crippen LogP contribution < -0.4 is 5.32 Å². The molecule has 0 spiro atoms. The van der Waals surface area contributed by atoms with Gasteiger partial charge in [0.1, 0.15) is 17.3 Å². The molecule has 6 aromatic carbocycles. The van der Waals surface area contributed by atoms with Crippen molar-refractivity contribution in [3.05, 3.63) is 167 Å². The third kappa shape index (κ3) is 4.76. The number of hydrogen-bond acceptors (Lipinski definition) is 4. The first-order valence-corrected chi connectivity index (χ1v) is 14.9. The molecule has 0 bridgehead atoms. The lowest BCUT2D eigenvalue weighted by Crippen LogP contribution is -2.36. The van der Waals surface area contributed by atoms with E-state index in [1.807, 2.05) is 48.5 Å². The minimum Gasteiger partial charge on any atom is -0.454 e. The molecule has 4 nitrogen and oxygen atoms in total. The Morgan fingerprint density at radius 1 is 0.545 bits per heavy atom. The lowest BCUT2D eigenvalue weighted by atomic mass is 9.97. The Morgan fingerprint density at radius 2 is 1.14 bits per heavy atom. The summed E-state index contributed by atoms with van der Waals surface area (Å²) in [6, 6.07) is 49.6. The standard InChI is InChI=1S/C39H26ClN3O/c40-33-18-8-17-32-35-31(16-9-19-34(35)44-36(32)33)29-14-7-15-30(24-29)39-42-37(27-12-5-2-6-13-27)41-38(43-39)28-22-20-26(21-23-28)25-10-3-1-4-11-25/h1-24,39H,(H,41,42,43). The monoisotopic (exact) mass is 587 g/mol. The van der Waals surface area contributed by atoms with E-state index in [0.717, 1.165) is 61.4 Å². The van der Waals surface area contributed by atoms with Crippen molar-refractivity contribution < 1.29 is 4.42 Å². The third-order valence-corrected chi connectivity index (χ3v) is 8.32. The molecule has 1 aromatic heterocycles. The zero-order chi connectivity index (χ0) is 29.5. The highest BCUT2D eigenvalue weighted by Crippen LogP contribution is 2.39. The summed E-state index contributed by atoms with van der Waals surface area (Å²) < 4.78 is 6.17. The number of furan rings is 1. The molecule has 0 amide bonds. The molecule has 0 fully saturated rings. The molecule has 2 heterocycles. The molecule has 0 saturated heterocycles. The van der Waals surface area contributed by atoms with Crippen LogP contribution in [0.2, 0.25) is 5.02 Å². The average Bonchev–Trinajstić information content (AvgIpc) is 3.49. The lowest BCUT2D eigenvalue weighted by molar-refractivity contribution is 0.669. The van der Waals surface area contributed by atoms with Crippen LogP contribution in [-0.2, 0) is 0 Å². The first-order chi connectivity index (χ1) is 21.7. The van der Waals surface area contributed by atoms with Crippen LogP contribution in [0, 0.1) is 0 Å². The van der Waals surface area contributed by atoms with Crippen molar-refractivity contribution in [2.24, 2.45) is 9.98 Å². The van der Waals surface area contributed by atoms with E-state index in [0.29, 0.717) is 10.6 Å². The summed E-state index contributed by atoms with van der Waals surface area (Å²) in [6.45, 7) is 0. The molecular formula is C39H26ClN3O. The molecule has 1 aliphatic heterocycles. The molecule has 8 rings (SSSR count). The van der Waals surface area contributed by atoms with Gasteiger partial charge in [-0.3, -0.25) is 0 Å². The van der Waals surface area contributed by atoms with Gasteiger partial charge in [0.25, 0.3) is 0 Å². The second-order valence-electron chi connectivity index (χ2n) is 10.8. The lowest BCUT2D eigenvalue weighted by Gasteiger charge is -2.23. The molecule has 0 saturated carbocycles. The van der Waals surface area contributed by atoms with E-state index in [2.05, 4.69) is 102 Å². The number of nitrogens with zero attached hydrogens (tertiary/aromatic N) is 2. The maximum Gasteiger partial charge on any atom is 0.169 e. The molecule has 5 heteroatoms. The molecule has 1 N–H and O–H groups in total. The van der Waals surface area contributed by atoms with Crippen LogP contribution in [0.5, 0.6) is 0 Å². The maximum atomic E-state index is 6.49. The van der Waals surface area contributed by atoms with Crippen LogP contribution in [-0.4, -0.2) is 11.7 Å². The second kappa shape index (κ2) is 11.0. The van der Waals surface area contributed by atoms with Gasteiger partial charge in [-0.15, -0.1) is 0 Å². The quantitative estimate of drug-likeness (QED) is 0.218. The molecular weight excluding hydrogens is 562 g/mol. The molecule has 44 heavy (non-hydrogen) atoms. The summed E-state index contributed by atoms with van der Waals surface area (Å²) in [5.74, 6) is 1.57. The van der Waals surface area contributed by atoms with Gasteiger partial charge in [-0.2, -0.15) is 0 Å². The van der Waals surface area contributed by atoms with Crippen LogP contribution in [0.3, 0.4) is 0 Å². The third-order valence-electron chi connectivity index (χ3n) is 8.02. The average molecular weight is 588 g/mol. The molecule has 0 radical (unpaired) electrons. The van der Waals surface area contributed by atoms with Crippen molar-refractivity contribution in [2.75, 3.05) is 0 Å². The zero-order valence-corrected chi connectivity index (χ0v) is 24.4. The highest BCUT2D eigenvalue weighted by atomic mass is 35.5. The fraction of sp³-hybridized carbons (Fsp3) is 0.0256. The van der Waals surface area contributed by atoms with E-state index < -0.39 is 6.17 Å². The Kier molecular flexibility index (Phi) is 6.55. The fourth-order valence-corrected chi connectivity index (χ4v) is 6.07. The highest BCUT2D eigenvalue weighted by Gasteiger charge is 2.22. The first-order valence-electron chi connectivity index (χ1n) is 14.6. The van der Waals surface area contributed by atoms with Gasteiger partial charge in [0, 0.05) is 21.9 Å². The van der Waals surface area contributed by atoms with Crippen LogP contribution in [0.25, 0.3) is 44.2 Å². The van der Waals surface area contributed by atoms with Crippen molar-refractivity contribution in [3.8, 4) is 22.3 Å². The summed E-state index contributed by atoms with van der Waals surface area (Å²) in [5.41, 5.74) is 9.00. The number of fused-ring (bicyclic) bond motifs is 3. The molecule has 1 unspecified atom stereocenters.